The zero-order valence-electron chi connectivity index (χ0n) is 84.3. The zero-order chi connectivity index (χ0) is 107. The molecule has 776 valence electrons. The molecule has 0 unspecified atom stereocenters. The summed E-state index contributed by atoms with van der Waals surface area (Å²) in [6.07, 6.45) is 17.9. The Morgan fingerprint density at radius 1 is 0.531 bits per heavy atom. The highest BCUT2D eigenvalue weighted by Crippen LogP contribution is 2.49. The molecule has 3 fully saturated rings. The highest BCUT2D eigenvalue weighted by atomic mass is 35.5. The molecule has 6 aliphatic heterocycles. The van der Waals surface area contributed by atoms with Crippen LogP contribution in [0, 0.1) is 40.5 Å². The molecule has 43 nitrogen and oxygen atoms in total. The summed E-state index contributed by atoms with van der Waals surface area (Å²) in [6.45, 7) is 28.6. The van der Waals surface area contributed by atoms with Crippen molar-refractivity contribution in [2.75, 3.05) is 107 Å². The zero-order valence-corrected chi connectivity index (χ0v) is 85.1. The molecular weight excluding hydrogens is 1900 g/mol. The van der Waals surface area contributed by atoms with Crippen LogP contribution >= 0.6 is 11.6 Å². The molecule has 2 aromatic heterocycles. The third-order valence-corrected chi connectivity index (χ3v) is 25.2. The highest BCUT2D eigenvalue weighted by Gasteiger charge is 2.46. The predicted molar refractivity (Wildman–Crippen MR) is 539 cm³/mol. The largest absolute Gasteiger partial charge is 0.502 e. The second kappa shape index (κ2) is 48.1. The van der Waals surface area contributed by atoms with Crippen LogP contribution in [0.2, 0.25) is 5.28 Å². The molecule has 0 radical (unpaired) electrons. The van der Waals surface area contributed by atoms with Gasteiger partial charge in [0.05, 0.1) is 107 Å². The first-order valence-electron chi connectivity index (χ1n) is 46.8. The average molecular weight is 2030 g/mol. The quantitative estimate of drug-likeness (QED) is 0.00800. The van der Waals surface area contributed by atoms with Crippen LogP contribution in [-0.4, -0.2) is 226 Å². The Hall–Kier alpha value is -15.4. The monoisotopic (exact) mass is 2030 g/mol. The first-order valence-corrected chi connectivity index (χ1v) is 47.2. The van der Waals surface area contributed by atoms with Crippen LogP contribution in [0.4, 0.5) is 63.1 Å². The minimum atomic E-state index is -0.740. The SMILES string of the molecule is C=C(C)COc1cc(C(=O)OC)ccc1[N+](=O)[O-].C=C(C)Cc1c(C(=O)OC)ccc([N+](=O)[O-])c1O.CC[C@@H]1C(=O)N(C)c2cnc(Cl)nc2N1C1CCCC1.CC[C@@H]1C(=O)N(C)c2cnc(Nc3ccc(C(=O)NC4CCN(C)CC4)c4c3OC(C)(C)C4)nc2N1C1CCCC1.COC(=O)c1ccc(N)c2c1CC(C)(C)O2.COC(=O)c1ccc([N+](=O)[O-])c(O)c1.COC(=O)c1ccc([N+](=O)[O-])c2c1CC(C)(C)O2. The van der Waals surface area contributed by atoms with Gasteiger partial charge in [-0.15, -0.1) is 0 Å². The van der Waals surface area contributed by atoms with E-state index in [4.69, 9.17) is 51.1 Å². The maximum absolute atomic E-state index is 13.4. The first kappa shape index (κ1) is 112. The predicted octanol–water partition coefficient (Wildman–Crippen LogP) is 16.4. The maximum atomic E-state index is 13.4. The number of rotatable bonds is 22. The number of nitrogen functional groups attached to an aromatic ring is 1. The lowest BCUT2D eigenvalue weighted by atomic mass is 9.96. The standard InChI is InChI=1S/C31H43N7O3.C14H19ClN4O.3C12H13NO5.C12H15NO3.C8H7NO5/c1-6-24-29(40)37(5)25-18-32-30(35-27(25)38(24)20-9-7-8-10-20)34-23-12-11-21(22-17-31(2,3)41-26(22)23)28(39)33-19-13-15-36(4)16-14-19;1-3-10-13(20)18(2)11-8-16-14(15)17-12(11)19(10)9-6-4-5-7-9;1-12(2)6-8-7(11(14)17-3)4-5-9(13(15)16)10(8)18-12;1-8(2)7-18-11-6-9(12(14)17-3)4-5-10(11)13(15)16;1-7(2)6-9-8(12(15)18-3)4-5-10(11(9)14)13(16)17;1-12(2)6-8-7(11(14)15-3)4-5-9(13)10(8)16-12;1-14-8(11)5-2-3-6(9(12)13)7(10)4-5/h11-12,18-20,24H,6-10,13-17H2,1-5H3,(H,33,39)(H,32,34,35);8-10H,3-7H2,1-2H3;4-5H,6H2,1-3H3;4-6H,1,7H2,2-3H3;4-5,14H,1,6H2,2-3H3;4-5H,6,13H2,1-3H3;2-4,10H,1H3/t24-;10-;;;;;/m11...../s1. The van der Waals surface area contributed by atoms with E-state index in [1.54, 1.807) is 55.2 Å². The summed E-state index contributed by atoms with van der Waals surface area (Å²) < 4.78 is 45.8. The molecule has 2 aliphatic carbocycles. The van der Waals surface area contributed by atoms with Crippen molar-refractivity contribution in [3.63, 3.8) is 0 Å². The molecule has 0 spiro atoms. The number of benzene rings is 6. The summed E-state index contributed by atoms with van der Waals surface area (Å²) in [5.41, 5.74) is 11.8. The van der Waals surface area contributed by atoms with E-state index in [1.807, 2.05) is 67.6 Å². The number of phenols is 2. The number of carbonyl (C=O) groups is 8. The van der Waals surface area contributed by atoms with Gasteiger partial charge in [0.1, 0.15) is 58.4 Å². The molecule has 6 aromatic carbocycles. The number of allylic oxidation sites excluding steroid dienone is 1. The number of anilines is 7. The van der Waals surface area contributed by atoms with Crippen LogP contribution in [0.15, 0.2) is 122 Å². The molecule has 145 heavy (non-hydrogen) atoms. The number of esters is 5. The van der Waals surface area contributed by atoms with Crippen LogP contribution in [0.25, 0.3) is 0 Å². The van der Waals surface area contributed by atoms with Crippen LogP contribution in [0.5, 0.6) is 34.5 Å². The van der Waals surface area contributed by atoms with Crippen LogP contribution in [0.1, 0.15) is 231 Å². The number of phenolic OH excluding ortho intramolecular Hbond substituents is 2. The van der Waals surface area contributed by atoms with Gasteiger partial charge in [0, 0.05) is 116 Å². The lowest BCUT2D eigenvalue weighted by Crippen LogP contribution is -2.55. The van der Waals surface area contributed by atoms with Crippen LogP contribution < -0.4 is 54.9 Å². The fourth-order valence-corrected chi connectivity index (χ4v) is 18.2. The number of halogens is 1. The molecule has 44 heteroatoms. The number of carbonyl (C=O) groups excluding carboxylic acids is 8. The summed E-state index contributed by atoms with van der Waals surface area (Å²) in [6, 6.07) is 19.7. The molecule has 8 aromatic rings. The number of nitrogens with zero attached hydrogens (tertiary/aromatic N) is 13. The number of fused-ring (bicyclic) bond motifs is 5. The smallest absolute Gasteiger partial charge is 0.338 e. The van der Waals surface area contributed by atoms with Crippen LogP contribution in [-0.2, 0) is 59.0 Å². The molecule has 0 bridgehead atoms. The van der Waals surface area contributed by atoms with Gasteiger partial charge in [-0.1, -0.05) is 58.3 Å². The molecule has 3 amide bonds. The van der Waals surface area contributed by atoms with E-state index in [9.17, 15) is 83.9 Å². The summed E-state index contributed by atoms with van der Waals surface area (Å²) in [5.74, 6) is -0.105. The Labute approximate surface area is 842 Å². The number of aromatic hydroxyl groups is 2. The molecule has 8 heterocycles. The summed E-state index contributed by atoms with van der Waals surface area (Å²) in [5, 5.41) is 68.7. The average Bonchev–Trinajstić information content (AvgIpc) is 1.75. The molecule has 2 saturated carbocycles. The Bertz CT molecular complexity index is 6290. The van der Waals surface area contributed by atoms with Gasteiger partial charge < -0.3 is 93.7 Å². The highest BCUT2D eigenvalue weighted by molar-refractivity contribution is 6.28. The number of hydrogen-bond acceptors (Lipinski definition) is 36. The van der Waals surface area contributed by atoms with E-state index in [0.29, 0.717) is 87.9 Å². The van der Waals surface area contributed by atoms with Gasteiger partial charge in [-0.25, -0.2) is 33.9 Å². The maximum Gasteiger partial charge on any atom is 0.338 e. The number of aromatic nitrogens is 4. The topological polar surface area (TPSA) is 550 Å². The van der Waals surface area contributed by atoms with Crippen molar-refractivity contribution >= 4 is 122 Å². The fraction of sp³-hybridized carbons (Fsp3) is 0.446. The molecule has 16 rings (SSSR count). The molecule has 8 aliphatic rings. The van der Waals surface area contributed by atoms with E-state index in [1.165, 1.54) is 104 Å². The summed E-state index contributed by atoms with van der Waals surface area (Å²) >= 11 is 5.97. The van der Waals surface area contributed by atoms with E-state index in [0.717, 1.165) is 122 Å². The third kappa shape index (κ3) is 26.7. The van der Waals surface area contributed by atoms with Gasteiger partial charge in [0.25, 0.3) is 5.91 Å². The van der Waals surface area contributed by atoms with Gasteiger partial charge >= 0.3 is 52.6 Å². The Kier molecular flexibility index (Phi) is 37.0. The molecule has 2 atom stereocenters. The van der Waals surface area contributed by atoms with E-state index in [2.05, 4.69) is 86.4 Å². The summed E-state index contributed by atoms with van der Waals surface area (Å²) in [4.78, 5) is 165. The van der Waals surface area contributed by atoms with Crippen molar-refractivity contribution in [3.8, 4) is 34.5 Å². The number of piperidine rings is 1. The number of methoxy groups -OCH3 is 5. The number of hydrogen-bond donors (Lipinski definition) is 5. The lowest BCUT2D eigenvalue weighted by Gasteiger charge is -2.43. The van der Waals surface area contributed by atoms with Crippen molar-refractivity contribution in [2.24, 2.45) is 0 Å². The Morgan fingerprint density at radius 2 is 0.952 bits per heavy atom. The van der Waals surface area contributed by atoms with Crippen molar-refractivity contribution < 1.29 is 111 Å². The number of likely N-dealkylation sites (N-methyl/N-ethyl adjacent to an activating group) is 2. The number of ether oxygens (including phenoxy) is 9. The van der Waals surface area contributed by atoms with Crippen molar-refractivity contribution in [1.82, 2.24) is 30.2 Å². The Morgan fingerprint density at radius 3 is 1.43 bits per heavy atom. The van der Waals surface area contributed by atoms with Crippen LogP contribution in [0.3, 0.4) is 0 Å². The minimum absolute atomic E-state index is 0.0194. The van der Waals surface area contributed by atoms with Gasteiger partial charge in [-0.3, -0.25) is 54.8 Å². The second-order valence-corrected chi connectivity index (χ2v) is 37.8. The van der Waals surface area contributed by atoms with Crippen molar-refractivity contribution in [2.45, 2.75) is 219 Å². The molecule has 1 saturated heterocycles. The van der Waals surface area contributed by atoms with E-state index in [-0.39, 0.29) is 111 Å². The van der Waals surface area contributed by atoms with Gasteiger partial charge in [-0.05, 0) is 199 Å². The van der Waals surface area contributed by atoms with Gasteiger partial charge in [0.15, 0.2) is 28.9 Å². The van der Waals surface area contributed by atoms with Gasteiger partial charge in [0.2, 0.25) is 28.8 Å². The normalized spacial score (nSPS) is 16.8. The fourth-order valence-electron chi connectivity index (χ4n) is 18.1. The third-order valence-electron chi connectivity index (χ3n) is 25.1. The Balaban J connectivity index is 0.000000181. The number of nitro groups is 4. The van der Waals surface area contributed by atoms with Crippen molar-refractivity contribution in [3.05, 3.63) is 223 Å². The number of nitro benzene ring substituents is 4. The summed E-state index contributed by atoms with van der Waals surface area (Å²) in [7, 11) is 12.0. The van der Waals surface area contributed by atoms with Gasteiger partial charge in [-0.2, -0.15) is 9.97 Å². The number of likely N-dealkylation sites (tertiary alicyclic amines) is 1. The van der Waals surface area contributed by atoms with E-state index >= 15 is 0 Å². The minimum Gasteiger partial charge on any atom is -0.502 e. The van der Waals surface area contributed by atoms with E-state index < -0.39 is 77.6 Å². The lowest BCUT2D eigenvalue weighted by molar-refractivity contribution is -0.386. The molecular formula is C101H123ClN16O27. The number of amides is 3. The second-order valence-electron chi connectivity index (χ2n) is 37.5. The molecule has 6 N–H and O–H groups in total. The first-order chi connectivity index (χ1) is 68.5. The van der Waals surface area contributed by atoms with Crippen molar-refractivity contribution in [1.29, 1.82) is 0 Å². The number of nitrogens with one attached hydrogen (secondary N) is 2. The number of nitrogens with two attached hydrogens (primary N) is 1.